The molecule has 0 unspecified atom stereocenters. The summed E-state index contributed by atoms with van der Waals surface area (Å²) in [5, 5.41) is 3.03. The van der Waals surface area contributed by atoms with Crippen molar-refractivity contribution in [3.63, 3.8) is 0 Å². The highest BCUT2D eigenvalue weighted by atomic mass is 19.4. The molecule has 2 aromatic carbocycles. The third-order valence-corrected chi connectivity index (χ3v) is 7.36. The Bertz CT molecular complexity index is 1100. The molecule has 1 atom stereocenters. The van der Waals surface area contributed by atoms with Crippen LogP contribution in [0.15, 0.2) is 61.2 Å². The summed E-state index contributed by atoms with van der Waals surface area (Å²) < 4.78 is 92.9. The van der Waals surface area contributed by atoms with E-state index in [1.165, 1.54) is 6.08 Å². The van der Waals surface area contributed by atoms with Gasteiger partial charge in [-0.2, -0.15) is 26.3 Å². The Kier molecular flexibility index (Phi) is 7.95. The number of rotatable bonds is 7. The SMILES string of the molecule is C=CCC[C@H](C(=O)NC1(c2ccccc2)CCC2(CC1)OCCO2)c1cc(C(F)(F)F)cc(C(F)(F)F)c1. The van der Waals surface area contributed by atoms with E-state index in [2.05, 4.69) is 11.9 Å². The minimum Gasteiger partial charge on any atom is -0.348 e. The first-order valence-corrected chi connectivity index (χ1v) is 12.4. The molecule has 10 heteroatoms. The number of hydrogen-bond donors (Lipinski definition) is 1. The summed E-state index contributed by atoms with van der Waals surface area (Å²) in [6, 6.07) is 10.5. The van der Waals surface area contributed by atoms with Crippen molar-refractivity contribution in [3.8, 4) is 0 Å². The molecular formula is C28H29F6NO3. The van der Waals surface area contributed by atoms with Gasteiger partial charge >= 0.3 is 12.4 Å². The predicted molar refractivity (Wildman–Crippen MR) is 128 cm³/mol. The molecule has 2 aromatic rings. The molecule has 1 aliphatic carbocycles. The summed E-state index contributed by atoms with van der Waals surface area (Å²) in [5.74, 6) is -2.65. The van der Waals surface area contributed by atoms with Gasteiger partial charge in [0.2, 0.25) is 5.91 Å². The van der Waals surface area contributed by atoms with Gasteiger partial charge in [0.15, 0.2) is 5.79 Å². The number of alkyl halides is 6. The fourth-order valence-corrected chi connectivity index (χ4v) is 5.32. The van der Waals surface area contributed by atoms with Crippen LogP contribution in [0.3, 0.4) is 0 Å². The molecule has 1 amide bonds. The maximum Gasteiger partial charge on any atom is 0.416 e. The molecule has 4 rings (SSSR count). The number of hydrogen-bond acceptors (Lipinski definition) is 3. The third kappa shape index (κ3) is 6.07. The van der Waals surface area contributed by atoms with Crippen LogP contribution in [-0.2, 0) is 32.2 Å². The number of carbonyl (C=O) groups is 1. The quantitative estimate of drug-likeness (QED) is 0.300. The number of amides is 1. The standard InChI is InChI=1S/C28H29F6NO3/c1-2-3-9-23(19-16-21(27(29,30)31)18-22(17-19)28(32,33)34)24(36)35-25(20-7-5-4-6-8-20)10-12-26(13-11-25)37-14-15-38-26/h2,4-8,16-18,23H,1,3,9-15H2,(H,35,36)/t23-/m0/s1. The van der Waals surface area contributed by atoms with Crippen LogP contribution in [-0.4, -0.2) is 24.9 Å². The Hall–Kier alpha value is -2.85. The van der Waals surface area contributed by atoms with Gasteiger partial charge in [0.05, 0.1) is 35.8 Å². The van der Waals surface area contributed by atoms with Crippen molar-refractivity contribution in [3.05, 3.63) is 83.4 Å². The average Bonchev–Trinajstić information content (AvgIpc) is 3.33. The highest BCUT2D eigenvalue weighted by Gasteiger charge is 2.48. The fourth-order valence-electron chi connectivity index (χ4n) is 5.32. The molecule has 38 heavy (non-hydrogen) atoms. The maximum atomic E-state index is 13.8. The van der Waals surface area contributed by atoms with Crippen LogP contribution >= 0.6 is 0 Å². The summed E-state index contributed by atoms with van der Waals surface area (Å²) >= 11 is 0. The van der Waals surface area contributed by atoms with E-state index in [0.717, 1.165) is 5.56 Å². The van der Waals surface area contributed by atoms with Crippen molar-refractivity contribution < 1.29 is 40.6 Å². The number of halogens is 6. The summed E-state index contributed by atoms with van der Waals surface area (Å²) in [6.07, 6.45) is -6.54. The van der Waals surface area contributed by atoms with Gasteiger partial charge in [0, 0.05) is 12.8 Å². The Morgan fingerprint density at radius 2 is 1.47 bits per heavy atom. The van der Waals surface area contributed by atoms with Gasteiger partial charge in [-0.1, -0.05) is 36.4 Å². The zero-order valence-corrected chi connectivity index (χ0v) is 20.6. The number of carbonyl (C=O) groups excluding carboxylic acids is 1. The second-order valence-corrected chi connectivity index (χ2v) is 9.80. The smallest absolute Gasteiger partial charge is 0.348 e. The van der Waals surface area contributed by atoms with Gasteiger partial charge in [0.25, 0.3) is 0 Å². The monoisotopic (exact) mass is 541 g/mol. The fraction of sp³-hybridized carbons (Fsp3) is 0.464. The highest BCUT2D eigenvalue weighted by Crippen LogP contribution is 2.46. The molecule has 0 radical (unpaired) electrons. The number of ether oxygens (including phenoxy) is 2. The lowest BCUT2D eigenvalue weighted by Gasteiger charge is -2.45. The van der Waals surface area contributed by atoms with E-state index in [1.807, 2.05) is 30.3 Å². The lowest BCUT2D eigenvalue weighted by Crippen LogP contribution is -2.53. The molecule has 0 bridgehead atoms. The van der Waals surface area contributed by atoms with Crippen molar-refractivity contribution in [2.24, 2.45) is 0 Å². The van der Waals surface area contributed by atoms with Crippen LogP contribution in [0, 0.1) is 0 Å². The third-order valence-electron chi connectivity index (χ3n) is 7.36. The van der Waals surface area contributed by atoms with Gasteiger partial charge in [-0.25, -0.2) is 0 Å². The van der Waals surface area contributed by atoms with Crippen LogP contribution in [0.1, 0.15) is 66.7 Å². The molecule has 1 saturated carbocycles. The minimum atomic E-state index is -5.01. The molecule has 1 aliphatic heterocycles. The summed E-state index contributed by atoms with van der Waals surface area (Å²) in [7, 11) is 0. The molecule has 206 valence electrons. The molecule has 1 spiro atoms. The van der Waals surface area contributed by atoms with E-state index >= 15 is 0 Å². The molecule has 1 N–H and O–H groups in total. The maximum absolute atomic E-state index is 13.8. The second-order valence-electron chi connectivity index (χ2n) is 9.80. The van der Waals surface area contributed by atoms with Crippen molar-refractivity contribution in [2.45, 2.75) is 68.1 Å². The molecule has 4 nitrogen and oxygen atoms in total. The van der Waals surface area contributed by atoms with Crippen LogP contribution < -0.4 is 5.32 Å². The first-order chi connectivity index (χ1) is 17.9. The number of allylic oxidation sites excluding steroid dienone is 1. The van der Waals surface area contributed by atoms with E-state index in [4.69, 9.17) is 9.47 Å². The van der Waals surface area contributed by atoms with Gasteiger partial charge in [0.1, 0.15) is 0 Å². The minimum absolute atomic E-state index is 0.00499. The summed E-state index contributed by atoms with van der Waals surface area (Å²) in [5.41, 5.74) is -3.34. The van der Waals surface area contributed by atoms with E-state index in [9.17, 15) is 31.1 Å². The van der Waals surface area contributed by atoms with Crippen molar-refractivity contribution in [2.75, 3.05) is 13.2 Å². The number of benzene rings is 2. The van der Waals surface area contributed by atoms with Crippen LogP contribution in [0.4, 0.5) is 26.3 Å². The first-order valence-electron chi connectivity index (χ1n) is 12.4. The van der Waals surface area contributed by atoms with E-state index in [-0.39, 0.29) is 24.5 Å². The van der Waals surface area contributed by atoms with Gasteiger partial charge in [-0.05, 0) is 55.0 Å². The van der Waals surface area contributed by atoms with Gasteiger partial charge in [-0.3, -0.25) is 4.79 Å². The van der Waals surface area contributed by atoms with E-state index < -0.39 is 46.6 Å². The molecule has 1 heterocycles. The summed E-state index contributed by atoms with van der Waals surface area (Å²) in [4.78, 5) is 13.8. The second kappa shape index (κ2) is 10.7. The Labute approximate surface area is 217 Å². The molecule has 2 fully saturated rings. The molecule has 1 saturated heterocycles. The lowest BCUT2D eigenvalue weighted by atomic mass is 9.73. The van der Waals surface area contributed by atoms with Crippen molar-refractivity contribution >= 4 is 5.91 Å². The molecule has 2 aliphatic rings. The van der Waals surface area contributed by atoms with Crippen molar-refractivity contribution in [1.29, 1.82) is 0 Å². The largest absolute Gasteiger partial charge is 0.416 e. The lowest BCUT2D eigenvalue weighted by molar-refractivity contribution is -0.187. The number of nitrogens with one attached hydrogen (secondary N) is 1. The highest BCUT2D eigenvalue weighted by molar-refractivity contribution is 5.84. The summed E-state index contributed by atoms with van der Waals surface area (Å²) in [6.45, 7) is 4.52. The predicted octanol–water partition coefficient (Wildman–Crippen LogP) is 7.10. The topological polar surface area (TPSA) is 47.6 Å². The Morgan fingerprint density at radius 3 is 1.97 bits per heavy atom. The van der Waals surface area contributed by atoms with E-state index in [0.29, 0.717) is 51.0 Å². The Balaban J connectivity index is 1.71. The average molecular weight is 542 g/mol. The van der Waals surface area contributed by atoms with Gasteiger partial charge < -0.3 is 14.8 Å². The van der Waals surface area contributed by atoms with Crippen molar-refractivity contribution in [1.82, 2.24) is 5.32 Å². The van der Waals surface area contributed by atoms with Crippen LogP contribution in [0.5, 0.6) is 0 Å². The van der Waals surface area contributed by atoms with Crippen LogP contribution in [0.25, 0.3) is 0 Å². The Morgan fingerprint density at radius 1 is 0.921 bits per heavy atom. The van der Waals surface area contributed by atoms with Crippen LogP contribution in [0.2, 0.25) is 0 Å². The van der Waals surface area contributed by atoms with Gasteiger partial charge in [-0.15, -0.1) is 6.58 Å². The first kappa shape index (κ1) is 28.2. The zero-order valence-electron chi connectivity index (χ0n) is 20.6. The molecular weight excluding hydrogens is 512 g/mol. The molecule has 0 aromatic heterocycles. The van der Waals surface area contributed by atoms with E-state index in [1.54, 1.807) is 0 Å². The zero-order chi connectivity index (χ0) is 27.6. The normalized spacial score (nSPS) is 19.7.